The smallest absolute Gasteiger partial charge is 0.225 e. The van der Waals surface area contributed by atoms with Crippen LogP contribution in [0.5, 0.6) is 0 Å². The van der Waals surface area contributed by atoms with Crippen molar-refractivity contribution in [3.05, 3.63) is 53.7 Å². The number of thioether (sulfide) groups is 1. The van der Waals surface area contributed by atoms with Crippen molar-refractivity contribution in [3.8, 4) is 0 Å². The third-order valence-electron chi connectivity index (χ3n) is 4.22. The number of hydrogen-bond donors (Lipinski definition) is 1. The van der Waals surface area contributed by atoms with E-state index < -0.39 is 0 Å². The van der Waals surface area contributed by atoms with Gasteiger partial charge in [-0.2, -0.15) is 0 Å². The first kappa shape index (κ1) is 15.2. The van der Waals surface area contributed by atoms with Crippen molar-refractivity contribution in [2.75, 3.05) is 11.1 Å². The molecule has 1 amide bonds. The molecule has 0 radical (unpaired) electrons. The largest absolute Gasteiger partial charge is 0.326 e. The predicted octanol–water partition coefficient (Wildman–Crippen LogP) is 3.34. The number of carbonyl (C=O) groups excluding carboxylic acids is 1. The van der Waals surface area contributed by atoms with Crippen LogP contribution in [-0.4, -0.2) is 26.3 Å². The SMILES string of the molecule is O=C(CCSc1nnc2ccccn12)Nc1ccc2c(c1)CCC2. The van der Waals surface area contributed by atoms with E-state index in [1.54, 1.807) is 11.8 Å². The van der Waals surface area contributed by atoms with Crippen LogP contribution >= 0.6 is 11.8 Å². The molecule has 0 saturated heterocycles. The van der Waals surface area contributed by atoms with Crippen molar-refractivity contribution in [3.63, 3.8) is 0 Å². The number of aromatic nitrogens is 3. The average molecular weight is 338 g/mol. The van der Waals surface area contributed by atoms with Crippen molar-refractivity contribution >= 4 is 29.0 Å². The van der Waals surface area contributed by atoms with Crippen molar-refractivity contribution in [2.45, 2.75) is 30.8 Å². The summed E-state index contributed by atoms with van der Waals surface area (Å²) < 4.78 is 1.93. The monoisotopic (exact) mass is 338 g/mol. The minimum atomic E-state index is 0.0364. The molecule has 4 rings (SSSR count). The summed E-state index contributed by atoms with van der Waals surface area (Å²) in [6, 6.07) is 12.0. The van der Waals surface area contributed by atoms with Gasteiger partial charge in [-0.25, -0.2) is 0 Å². The number of nitrogens with one attached hydrogen (secondary N) is 1. The third kappa shape index (κ3) is 3.14. The maximum atomic E-state index is 12.1. The number of hydrogen-bond acceptors (Lipinski definition) is 4. The lowest BCUT2D eigenvalue weighted by Gasteiger charge is -2.07. The summed E-state index contributed by atoms with van der Waals surface area (Å²) in [6.45, 7) is 0. The van der Waals surface area contributed by atoms with Crippen LogP contribution in [0.25, 0.3) is 5.65 Å². The second-order valence-corrected chi connectivity index (χ2v) is 6.96. The molecule has 1 aliphatic rings. The molecule has 0 saturated carbocycles. The number of pyridine rings is 1. The summed E-state index contributed by atoms with van der Waals surface area (Å²) in [6.07, 6.45) is 5.88. The predicted molar refractivity (Wildman–Crippen MR) is 95.4 cm³/mol. The van der Waals surface area contributed by atoms with E-state index in [1.165, 1.54) is 17.5 Å². The molecule has 6 heteroatoms. The number of benzene rings is 1. The number of aryl methyl sites for hydroxylation is 2. The number of fused-ring (bicyclic) bond motifs is 2. The Kier molecular flexibility index (Phi) is 4.21. The zero-order valence-corrected chi connectivity index (χ0v) is 14.1. The van der Waals surface area contributed by atoms with Crippen LogP contribution in [0.3, 0.4) is 0 Å². The first-order valence-electron chi connectivity index (χ1n) is 8.14. The Morgan fingerprint density at radius 1 is 1.17 bits per heavy atom. The van der Waals surface area contributed by atoms with Gasteiger partial charge in [0.05, 0.1) is 0 Å². The van der Waals surface area contributed by atoms with Gasteiger partial charge < -0.3 is 5.32 Å². The second-order valence-electron chi connectivity index (χ2n) is 5.90. The Morgan fingerprint density at radius 2 is 2.08 bits per heavy atom. The molecule has 5 nitrogen and oxygen atoms in total. The maximum Gasteiger partial charge on any atom is 0.225 e. The Hall–Kier alpha value is -2.34. The molecule has 1 aromatic carbocycles. The van der Waals surface area contributed by atoms with Crippen LogP contribution < -0.4 is 5.32 Å². The molecule has 2 aromatic heterocycles. The molecular weight excluding hydrogens is 320 g/mol. The fraction of sp³-hybridized carbons (Fsp3) is 0.278. The van der Waals surface area contributed by atoms with Crippen LogP contribution in [0.2, 0.25) is 0 Å². The third-order valence-corrected chi connectivity index (χ3v) is 5.17. The molecule has 1 N–H and O–H groups in total. The molecule has 0 atom stereocenters. The van der Waals surface area contributed by atoms with Crippen LogP contribution in [0.4, 0.5) is 5.69 Å². The molecule has 24 heavy (non-hydrogen) atoms. The van der Waals surface area contributed by atoms with Gasteiger partial charge >= 0.3 is 0 Å². The fourth-order valence-electron chi connectivity index (χ4n) is 3.03. The number of amides is 1. The Labute approximate surface area is 144 Å². The highest BCUT2D eigenvalue weighted by Crippen LogP contribution is 2.25. The lowest BCUT2D eigenvalue weighted by Crippen LogP contribution is -2.12. The van der Waals surface area contributed by atoms with Gasteiger partial charge in [0.25, 0.3) is 0 Å². The van der Waals surface area contributed by atoms with Crippen molar-refractivity contribution in [1.29, 1.82) is 0 Å². The highest BCUT2D eigenvalue weighted by atomic mass is 32.2. The van der Waals surface area contributed by atoms with E-state index in [4.69, 9.17) is 0 Å². The molecular formula is C18H18N4OS. The molecule has 0 bridgehead atoms. The van der Waals surface area contributed by atoms with Gasteiger partial charge in [0.1, 0.15) is 0 Å². The van der Waals surface area contributed by atoms with Crippen LogP contribution in [-0.2, 0) is 17.6 Å². The summed E-state index contributed by atoms with van der Waals surface area (Å²) in [5.74, 6) is 0.709. The number of anilines is 1. The summed E-state index contributed by atoms with van der Waals surface area (Å²) in [4.78, 5) is 12.1. The summed E-state index contributed by atoms with van der Waals surface area (Å²) in [5.41, 5.74) is 4.51. The minimum absolute atomic E-state index is 0.0364. The molecule has 3 aromatic rings. The van der Waals surface area contributed by atoms with Gasteiger partial charge in [0.15, 0.2) is 10.8 Å². The highest BCUT2D eigenvalue weighted by molar-refractivity contribution is 7.99. The van der Waals surface area contributed by atoms with E-state index >= 15 is 0 Å². The first-order chi connectivity index (χ1) is 11.8. The van der Waals surface area contributed by atoms with Gasteiger partial charge in [0, 0.05) is 24.1 Å². The normalized spacial score (nSPS) is 13.2. The standard InChI is InChI=1S/C18H18N4OS/c23-17(19-15-8-7-13-4-3-5-14(13)12-15)9-11-24-18-21-20-16-6-1-2-10-22(16)18/h1-2,6-8,10,12H,3-5,9,11H2,(H,19,23). The van der Waals surface area contributed by atoms with E-state index in [9.17, 15) is 4.79 Å². The van der Waals surface area contributed by atoms with Gasteiger partial charge in [-0.15, -0.1) is 10.2 Å². The van der Waals surface area contributed by atoms with E-state index in [2.05, 4.69) is 27.6 Å². The zero-order chi connectivity index (χ0) is 16.4. The second kappa shape index (κ2) is 6.65. The van der Waals surface area contributed by atoms with Crippen molar-refractivity contribution < 1.29 is 4.79 Å². The summed E-state index contributed by atoms with van der Waals surface area (Å²) >= 11 is 1.54. The molecule has 122 valence electrons. The van der Waals surface area contributed by atoms with Gasteiger partial charge in [-0.3, -0.25) is 9.20 Å². The maximum absolute atomic E-state index is 12.1. The Morgan fingerprint density at radius 3 is 3.04 bits per heavy atom. The fourth-order valence-corrected chi connectivity index (χ4v) is 3.89. The molecule has 0 spiro atoms. The van der Waals surface area contributed by atoms with Crippen molar-refractivity contribution in [2.24, 2.45) is 0 Å². The highest BCUT2D eigenvalue weighted by Gasteiger charge is 2.12. The van der Waals surface area contributed by atoms with Crippen molar-refractivity contribution in [1.82, 2.24) is 14.6 Å². The molecule has 1 aliphatic carbocycles. The zero-order valence-electron chi connectivity index (χ0n) is 13.2. The van der Waals surface area contributed by atoms with E-state index in [1.807, 2.05) is 34.9 Å². The quantitative estimate of drug-likeness (QED) is 0.725. The molecule has 0 unspecified atom stereocenters. The van der Waals surface area contributed by atoms with E-state index in [-0.39, 0.29) is 5.91 Å². The first-order valence-corrected chi connectivity index (χ1v) is 9.12. The van der Waals surface area contributed by atoms with Crippen LogP contribution in [0, 0.1) is 0 Å². The number of nitrogens with zero attached hydrogens (tertiary/aromatic N) is 3. The lowest BCUT2D eigenvalue weighted by atomic mass is 10.1. The number of rotatable bonds is 5. The minimum Gasteiger partial charge on any atom is -0.326 e. The Bertz CT molecular complexity index is 890. The van der Waals surface area contributed by atoms with Crippen LogP contribution in [0.1, 0.15) is 24.0 Å². The molecule has 0 aliphatic heterocycles. The molecule has 2 heterocycles. The van der Waals surface area contributed by atoms with Crippen LogP contribution in [0.15, 0.2) is 47.8 Å². The van der Waals surface area contributed by atoms with Gasteiger partial charge in [-0.05, 0) is 54.7 Å². The van der Waals surface area contributed by atoms with E-state index in [0.29, 0.717) is 12.2 Å². The lowest BCUT2D eigenvalue weighted by molar-refractivity contribution is -0.115. The topological polar surface area (TPSA) is 59.3 Å². The van der Waals surface area contributed by atoms with Gasteiger partial charge in [0.2, 0.25) is 5.91 Å². The average Bonchev–Trinajstić information content (AvgIpc) is 3.21. The van der Waals surface area contributed by atoms with Gasteiger partial charge in [-0.1, -0.05) is 23.9 Å². The number of carbonyl (C=O) groups is 1. The Balaban J connectivity index is 1.32. The summed E-state index contributed by atoms with van der Waals surface area (Å²) in [7, 11) is 0. The van der Waals surface area contributed by atoms with E-state index in [0.717, 1.165) is 29.3 Å². The summed E-state index contributed by atoms with van der Waals surface area (Å²) in [5, 5.41) is 12.1. The molecule has 0 fully saturated rings.